The van der Waals surface area contributed by atoms with Crippen LogP contribution in [0.3, 0.4) is 0 Å². The standard InChI is InChI=1S/C11H24N2O/c1-10-8-13(9-11(2)14-10)7-5-3-4-6-12/h10-11H,3-9,12H2,1-2H3. The molecule has 2 N–H and O–H groups in total. The number of unbranched alkanes of at least 4 members (excludes halogenated alkanes) is 2. The fourth-order valence-electron chi connectivity index (χ4n) is 2.12. The topological polar surface area (TPSA) is 38.5 Å². The molecule has 84 valence electrons. The van der Waals surface area contributed by atoms with Gasteiger partial charge in [0.1, 0.15) is 0 Å². The highest BCUT2D eigenvalue weighted by molar-refractivity contribution is 4.72. The van der Waals surface area contributed by atoms with Crippen LogP contribution in [-0.4, -0.2) is 43.3 Å². The lowest BCUT2D eigenvalue weighted by molar-refractivity contribution is -0.0681. The maximum Gasteiger partial charge on any atom is 0.0678 e. The van der Waals surface area contributed by atoms with Gasteiger partial charge in [0, 0.05) is 13.1 Å². The van der Waals surface area contributed by atoms with Crippen molar-refractivity contribution in [3.05, 3.63) is 0 Å². The zero-order valence-corrected chi connectivity index (χ0v) is 9.54. The van der Waals surface area contributed by atoms with E-state index in [0.717, 1.165) is 26.1 Å². The van der Waals surface area contributed by atoms with E-state index in [4.69, 9.17) is 10.5 Å². The maximum absolute atomic E-state index is 5.68. The van der Waals surface area contributed by atoms with Gasteiger partial charge in [-0.3, -0.25) is 4.90 Å². The number of nitrogens with zero attached hydrogens (tertiary/aromatic N) is 1. The number of ether oxygens (including phenoxy) is 1. The van der Waals surface area contributed by atoms with Crippen molar-refractivity contribution in [2.75, 3.05) is 26.2 Å². The predicted octanol–water partition coefficient (Wildman–Crippen LogP) is 1.22. The first-order chi connectivity index (χ1) is 6.72. The second kappa shape index (κ2) is 6.38. The smallest absolute Gasteiger partial charge is 0.0678 e. The van der Waals surface area contributed by atoms with Gasteiger partial charge in [-0.05, 0) is 39.8 Å². The Balaban J connectivity index is 2.10. The molecule has 0 saturated carbocycles. The van der Waals surface area contributed by atoms with Crippen LogP contribution >= 0.6 is 0 Å². The molecule has 2 atom stereocenters. The first-order valence-corrected chi connectivity index (χ1v) is 5.80. The SMILES string of the molecule is CC1CN(CCCCCN)CC(C)O1. The summed E-state index contributed by atoms with van der Waals surface area (Å²) in [6, 6.07) is 0. The van der Waals surface area contributed by atoms with Gasteiger partial charge in [0.2, 0.25) is 0 Å². The number of hydrogen-bond donors (Lipinski definition) is 1. The molecule has 1 saturated heterocycles. The molecule has 0 radical (unpaired) electrons. The molecule has 14 heavy (non-hydrogen) atoms. The lowest BCUT2D eigenvalue weighted by atomic mass is 10.2. The quantitative estimate of drug-likeness (QED) is 0.678. The lowest BCUT2D eigenvalue weighted by Crippen LogP contribution is -2.45. The Morgan fingerprint density at radius 2 is 1.79 bits per heavy atom. The zero-order valence-electron chi connectivity index (χ0n) is 9.54. The Kier molecular flexibility index (Phi) is 5.45. The van der Waals surface area contributed by atoms with Crippen molar-refractivity contribution >= 4 is 0 Å². The molecule has 1 heterocycles. The van der Waals surface area contributed by atoms with Crippen molar-refractivity contribution in [1.82, 2.24) is 4.90 Å². The molecule has 0 aromatic heterocycles. The van der Waals surface area contributed by atoms with E-state index < -0.39 is 0 Å². The van der Waals surface area contributed by atoms with Crippen LogP contribution in [0.2, 0.25) is 0 Å². The average molecular weight is 200 g/mol. The van der Waals surface area contributed by atoms with Gasteiger partial charge in [-0.15, -0.1) is 0 Å². The highest BCUT2D eigenvalue weighted by Gasteiger charge is 2.21. The van der Waals surface area contributed by atoms with Crippen LogP contribution in [0.5, 0.6) is 0 Å². The molecule has 2 unspecified atom stereocenters. The predicted molar refractivity (Wildman–Crippen MR) is 59.4 cm³/mol. The molecule has 1 rings (SSSR count). The zero-order chi connectivity index (χ0) is 10.4. The summed E-state index contributed by atoms with van der Waals surface area (Å²) < 4.78 is 5.68. The Morgan fingerprint density at radius 1 is 1.14 bits per heavy atom. The van der Waals surface area contributed by atoms with Crippen LogP contribution in [0.4, 0.5) is 0 Å². The molecule has 1 aliphatic heterocycles. The van der Waals surface area contributed by atoms with Gasteiger partial charge in [0.05, 0.1) is 12.2 Å². The summed E-state index contributed by atoms with van der Waals surface area (Å²) in [6.45, 7) is 8.53. The van der Waals surface area contributed by atoms with E-state index in [9.17, 15) is 0 Å². The summed E-state index contributed by atoms with van der Waals surface area (Å²) in [5, 5.41) is 0. The molecule has 3 nitrogen and oxygen atoms in total. The van der Waals surface area contributed by atoms with Crippen molar-refractivity contribution in [3.8, 4) is 0 Å². The maximum atomic E-state index is 5.68. The Bertz CT molecular complexity index is 142. The van der Waals surface area contributed by atoms with Crippen LogP contribution < -0.4 is 5.73 Å². The van der Waals surface area contributed by atoms with Crippen molar-refractivity contribution in [1.29, 1.82) is 0 Å². The van der Waals surface area contributed by atoms with Crippen LogP contribution in [0, 0.1) is 0 Å². The molecular formula is C11H24N2O. The van der Waals surface area contributed by atoms with E-state index in [0.29, 0.717) is 12.2 Å². The van der Waals surface area contributed by atoms with Crippen molar-refractivity contribution < 1.29 is 4.74 Å². The van der Waals surface area contributed by atoms with Crippen LogP contribution in [0.15, 0.2) is 0 Å². The summed E-state index contributed by atoms with van der Waals surface area (Å²) in [5.74, 6) is 0. The number of rotatable bonds is 5. The summed E-state index contributed by atoms with van der Waals surface area (Å²) in [7, 11) is 0. The third-order valence-electron chi connectivity index (χ3n) is 2.67. The molecule has 0 amide bonds. The average Bonchev–Trinajstić information content (AvgIpc) is 2.11. The molecule has 0 aromatic rings. The molecule has 0 spiro atoms. The molecule has 3 heteroatoms. The first kappa shape index (κ1) is 12.0. The van der Waals surface area contributed by atoms with Crippen LogP contribution in [-0.2, 0) is 4.74 Å². The number of hydrogen-bond acceptors (Lipinski definition) is 3. The van der Waals surface area contributed by atoms with Gasteiger partial charge < -0.3 is 10.5 Å². The Hall–Kier alpha value is -0.120. The summed E-state index contributed by atoms with van der Waals surface area (Å²) in [4.78, 5) is 2.51. The number of nitrogens with two attached hydrogens (primary N) is 1. The normalized spacial score (nSPS) is 29.4. The first-order valence-electron chi connectivity index (χ1n) is 5.80. The molecule has 1 aliphatic rings. The molecule has 0 bridgehead atoms. The van der Waals surface area contributed by atoms with E-state index in [1.165, 1.54) is 19.4 Å². The molecule has 0 aromatic carbocycles. The minimum absolute atomic E-state index is 0.397. The van der Waals surface area contributed by atoms with E-state index >= 15 is 0 Å². The monoisotopic (exact) mass is 200 g/mol. The fraction of sp³-hybridized carbons (Fsp3) is 1.00. The van der Waals surface area contributed by atoms with Gasteiger partial charge in [-0.2, -0.15) is 0 Å². The third kappa shape index (κ3) is 4.40. The van der Waals surface area contributed by atoms with Crippen molar-refractivity contribution in [3.63, 3.8) is 0 Å². The van der Waals surface area contributed by atoms with Gasteiger partial charge in [0.25, 0.3) is 0 Å². The summed E-state index contributed by atoms with van der Waals surface area (Å²) in [6.07, 6.45) is 4.49. The Labute approximate surface area is 87.6 Å². The lowest BCUT2D eigenvalue weighted by Gasteiger charge is -2.35. The summed E-state index contributed by atoms with van der Waals surface area (Å²) >= 11 is 0. The molecule has 0 aliphatic carbocycles. The van der Waals surface area contributed by atoms with Crippen molar-refractivity contribution in [2.24, 2.45) is 5.73 Å². The van der Waals surface area contributed by atoms with E-state index in [1.54, 1.807) is 0 Å². The largest absolute Gasteiger partial charge is 0.373 e. The van der Waals surface area contributed by atoms with Crippen LogP contribution in [0.1, 0.15) is 33.1 Å². The van der Waals surface area contributed by atoms with Gasteiger partial charge in [0.15, 0.2) is 0 Å². The Morgan fingerprint density at radius 3 is 2.36 bits per heavy atom. The second-order valence-corrected chi connectivity index (χ2v) is 4.37. The van der Waals surface area contributed by atoms with Gasteiger partial charge in [-0.25, -0.2) is 0 Å². The van der Waals surface area contributed by atoms with E-state index in [-0.39, 0.29) is 0 Å². The minimum Gasteiger partial charge on any atom is -0.373 e. The van der Waals surface area contributed by atoms with Gasteiger partial charge >= 0.3 is 0 Å². The van der Waals surface area contributed by atoms with E-state index in [1.807, 2.05) is 0 Å². The number of morpholine rings is 1. The fourth-order valence-corrected chi connectivity index (χ4v) is 2.12. The van der Waals surface area contributed by atoms with E-state index in [2.05, 4.69) is 18.7 Å². The second-order valence-electron chi connectivity index (χ2n) is 4.37. The van der Waals surface area contributed by atoms with Crippen LogP contribution in [0.25, 0.3) is 0 Å². The minimum atomic E-state index is 0.397. The molecular weight excluding hydrogens is 176 g/mol. The molecule has 1 fully saturated rings. The summed E-state index contributed by atoms with van der Waals surface area (Å²) in [5.41, 5.74) is 5.46. The third-order valence-corrected chi connectivity index (χ3v) is 2.67. The highest BCUT2D eigenvalue weighted by atomic mass is 16.5. The van der Waals surface area contributed by atoms with Crippen molar-refractivity contribution in [2.45, 2.75) is 45.3 Å². The van der Waals surface area contributed by atoms with Gasteiger partial charge in [-0.1, -0.05) is 6.42 Å². The highest BCUT2D eigenvalue weighted by Crippen LogP contribution is 2.11.